The molecule has 0 amide bonds. The van der Waals surface area contributed by atoms with Crippen LogP contribution in [0.1, 0.15) is 0 Å². The van der Waals surface area contributed by atoms with Gasteiger partial charge in [0.25, 0.3) is 0 Å². The van der Waals surface area contributed by atoms with Crippen LogP contribution in [-0.4, -0.2) is 31.8 Å². The van der Waals surface area contributed by atoms with Gasteiger partial charge in [-0.2, -0.15) is 0 Å². The summed E-state index contributed by atoms with van der Waals surface area (Å²) in [4.78, 5) is 18.8. The number of benzene rings is 4. The quantitative estimate of drug-likeness (QED) is 0.149. The number of rotatable bonds is 4. The molecule has 7 heterocycles. The number of hydrogen-bond acceptors (Lipinski definition) is 9. The summed E-state index contributed by atoms with van der Waals surface area (Å²) in [5.41, 5.74) is 23.7. The molecular weight excluding hydrogens is 637 g/mol. The van der Waals surface area contributed by atoms with E-state index in [9.17, 15) is 0 Å². The molecule has 51 heavy (non-hydrogen) atoms. The van der Waals surface area contributed by atoms with E-state index in [0.29, 0.717) is 11.4 Å². The molecule has 5 aromatic heterocycles. The second kappa shape index (κ2) is 10.5. The van der Waals surface area contributed by atoms with Gasteiger partial charge in [0.05, 0.1) is 21.8 Å². The molecule has 2 aliphatic rings. The van der Waals surface area contributed by atoms with E-state index in [1.807, 2.05) is 48.8 Å². The van der Waals surface area contributed by atoms with Crippen molar-refractivity contribution < 1.29 is 4.42 Å². The molecule has 0 radical (unpaired) electrons. The van der Waals surface area contributed by atoms with Gasteiger partial charge in [-0.3, -0.25) is 30.8 Å². The summed E-state index contributed by atoms with van der Waals surface area (Å²) in [5, 5.41) is 3.90. The minimum Gasteiger partial charge on any atom is -0.419 e. The van der Waals surface area contributed by atoms with Gasteiger partial charge in [-0.15, -0.1) is 0 Å². The number of aromatic nitrogens is 4. The van der Waals surface area contributed by atoms with E-state index < -0.39 is 0 Å². The van der Waals surface area contributed by atoms with Crippen LogP contribution in [-0.2, 0) is 0 Å². The highest BCUT2D eigenvalue weighted by molar-refractivity contribution is 6.08. The molecule has 0 atom stereocenters. The maximum Gasteiger partial charge on any atom is 0.229 e. The monoisotopic (exact) mass is 662 g/mol. The average molecular weight is 663 g/mol. The average Bonchev–Trinajstić information content (AvgIpc) is 3.85. The molecule has 0 bridgehead atoms. The molecule has 4 aromatic carbocycles. The normalized spacial score (nSPS) is 13.2. The van der Waals surface area contributed by atoms with Crippen molar-refractivity contribution >= 4 is 79.7 Å². The molecule has 0 unspecified atom stereocenters. The van der Waals surface area contributed by atoms with Gasteiger partial charge in [-0.1, -0.05) is 48.5 Å². The lowest BCUT2D eigenvalue weighted by Gasteiger charge is -2.15. The number of nitrogens with one attached hydrogen (secondary N) is 4. The standard InChI is InChI=1S/C40H26N10O/c1-3-7-27(8-4-1)49-33-17-23(11-13-29(33)35-37(49)47-45-21-43-35)25-15-31-32-16-26(20-42-40(32)51-39(31)41-19-25)24-12-14-30-34(18-24)50(28-9-5-2-6-10-28)38-36(30)44-22-46-48-38/h1-22,47-48H,(H,43,45)(H,44,46). The van der Waals surface area contributed by atoms with E-state index >= 15 is 0 Å². The zero-order valence-electron chi connectivity index (χ0n) is 26.8. The first kappa shape index (κ1) is 27.5. The van der Waals surface area contributed by atoms with Crippen LogP contribution in [0.25, 0.3) is 77.6 Å². The molecule has 11 rings (SSSR count). The number of anilines is 2. The number of hydrazine groups is 2. The first-order valence-electron chi connectivity index (χ1n) is 16.5. The Morgan fingerprint density at radius 1 is 0.471 bits per heavy atom. The van der Waals surface area contributed by atoms with E-state index in [0.717, 1.165) is 89.2 Å². The van der Waals surface area contributed by atoms with Crippen molar-refractivity contribution in [2.24, 2.45) is 9.98 Å². The predicted molar refractivity (Wildman–Crippen MR) is 204 cm³/mol. The summed E-state index contributed by atoms with van der Waals surface area (Å²) in [6, 6.07) is 37.7. The van der Waals surface area contributed by atoms with E-state index in [-0.39, 0.29) is 0 Å². The van der Waals surface area contributed by atoms with Crippen molar-refractivity contribution in [2.75, 3.05) is 10.9 Å². The summed E-state index contributed by atoms with van der Waals surface area (Å²) in [5.74, 6) is 1.78. The van der Waals surface area contributed by atoms with E-state index in [1.165, 1.54) is 0 Å². The SMILES string of the molecule is C1=Nc2c(n(-c3ccccc3)c3cc(-c4cnc5oc6ncc(-c7ccc8c9c(n(-c%10ccccc%10)c8c7)NNC=N9)cc6c5c4)ccc23)NN1. The molecule has 0 saturated carbocycles. The highest BCUT2D eigenvalue weighted by Gasteiger charge is 2.23. The van der Waals surface area contributed by atoms with Gasteiger partial charge in [-0.25, -0.2) is 20.0 Å². The highest BCUT2D eigenvalue weighted by atomic mass is 16.3. The third-order valence-corrected chi connectivity index (χ3v) is 9.66. The van der Waals surface area contributed by atoms with Gasteiger partial charge < -0.3 is 4.42 Å². The van der Waals surface area contributed by atoms with Crippen LogP contribution >= 0.6 is 0 Å². The van der Waals surface area contributed by atoms with Crippen LogP contribution in [0, 0.1) is 0 Å². The van der Waals surface area contributed by atoms with Crippen molar-refractivity contribution in [3.8, 4) is 33.6 Å². The van der Waals surface area contributed by atoms with Crippen molar-refractivity contribution in [3.05, 3.63) is 122 Å². The Balaban J connectivity index is 1.05. The van der Waals surface area contributed by atoms with Crippen molar-refractivity contribution in [1.82, 2.24) is 30.0 Å². The van der Waals surface area contributed by atoms with Crippen molar-refractivity contribution in [3.63, 3.8) is 0 Å². The number of aliphatic imine (C=N–C) groups is 2. The van der Waals surface area contributed by atoms with Crippen molar-refractivity contribution in [1.29, 1.82) is 0 Å². The molecule has 0 spiro atoms. The zero-order chi connectivity index (χ0) is 33.5. The van der Waals surface area contributed by atoms with Gasteiger partial charge in [0, 0.05) is 45.7 Å². The molecule has 4 N–H and O–H groups in total. The molecule has 2 aliphatic heterocycles. The second-order valence-corrected chi connectivity index (χ2v) is 12.5. The molecule has 0 fully saturated rings. The fourth-order valence-corrected chi connectivity index (χ4v) is 7.34. The lowest BCUT2D eigenvalue weighted by Crippen LogP contribution is -2.23. The minimum absolute atomic E-state index is 0.546. The molecule has 11 nitrogen and oxygen atoms in total. The van der Waals surface area contributed by atoms with Gasteiger partial charge in [0.15, 0.2) is 11.6 Å². The van der Waals surface area contributed by atoms with Crippen LogP contribution in [0.4, 0.5) is 23.0 Å². The summed E-state index contributed by atoms with van der Waals surface area (Å²) in [6.45, 7) is 0. The Morgan fingerprint density at radius 3 is 1.41 bits per heavy atom. The second-order valence-electron chi connectivity index (χ2n) is 12.5. The zero-order valence-corrected chi connectivity index (χ0v) is 26.8. The summed E-state index contributed by atoms with van der Waals surface area (Å²) in [7, 11) is 0. The van der Waals surface area contributed by atoms with E-state index in [4.69, 9.17) is 14.4 Å². The van der Waals surface area contributed by atoms with Gasteiger partial charge in [-0.05, 0) is 71.8 Å². The summed E-state index contributed by atoms with van der Waals surface area (Å²) >= 11 is 0. The van der Waals surface area contributed by atoms with Gasteiger partial charge in [0.2, 0.25) is 11.4 Å². The van der Waals surface area contributed by atoms with E-state index in [1.54, 1.807) is 12.7 Å². The van der Waals surface area contributed by atoms with Gasteiger partial charge in [0.1, 0.15) is 24.1 Å². The Bertz CT molecular complexity index is 2720. The Labute approximate surface area is 289 Å². The molecule has 0 saturated heterocycles. The fourth-order valence-electron chi connectivity index (χ4n) is 7.34. The number of nitrogens with zero attached hydrogens (tertiary/aromatic N) is 6. The maximum atomic E-state index is 6.15. The molecular formula is C40H26N10O. The van der Waals surface area contributed by atoms with Crippen LogP contribution in [0.15, 0.2) is 136 Å². The van der Waals surface area contributed by atoms with Gasteiger partial charge >= 0.3 is 0 Å². The molecule has 9 aromatic rings. The fraction of sp³-hybridized carbons (Fsp3) is 0. The number of pyridine rings is 2. The third kappa shape index (κ3) is 4.12. The molecule has 242 valence electrons. The largest absolute Gasteiger partial charge is 0.419 e. The van der Waals surface area contributed by atoms with Crippen LogP contribution in [0.5, 0.6) is 0 Å². The predicted octanol–water partition coefficient (Wildman–Crippen LogP) is 8.78. The minimum atomic E-state index is 0.546. The Hall–Kier alpha value is -7.40. The van der Waals surface area contributed by atoms with Crippen molar-refractivity contribution in [2.45, 2.75) is 0 Å². The lowest BCUT2D eigenvalue weighted by molar-refractivity contribution is 0.640. The first-order chi connectivity index (χ1) is 25.3. The Kier molecular flexibility index (Phi) is 5.70. The summed E-state index contributed by atoms with van der Waals surface area (Å²) in [6.07, 6.45) is 7.06. The van der Waals surface area contributed by atoms with Crippen LogP contribution < -0.4 is 21.7 Å². The van der Waals surface area contributed by atoms with Crippen LogP contribution in [0.3, 0.4) is 0 Å². The Morgan fingerprint density at radius 2 is 0.941 bits per heavy atom. The number of para-hydroxylation sites is 2. The van der Waals surface area contributed by atoms with Crippen LogP contribution in [0.2, 0.25) is 0 Å². The summed E-state index contributed by atoms with van der Waals surface area (Å²) < 4.78 is 10.5. The van der Waals surface area contributed by atoms with E-state index in [2.05, 4.69) is 114 Å². The lowest BCUT2D eigenvalue weighted by atomic mass is 10.0. The smallest absolute Gasteiger partial charge is 0.229 e. The maximum absolute atomic E-state index is 6.15. The number of furan rings is 1. The molecule has 11 heteroatoms. The topological polar surface area (TPSA) is 122 Å². The highest BCUT2D eigenvalue weighted by Crippen LogP contribution is 2.44. The number of fused-ring (bicyclic) bond motifs is 9. The molecule has 0 aliphatic carbocycles. The third-order valence-electron chi connectivity index (χ3n) is 9.66. The number of hydrogen-bond donors (Lipinski definition) is 4. The first-order valence-corrected chi connectivity index (χ1v) is 16.5.